The van der Waals surface area contributed by atoms with Crippen molar-refractivity contribution in [1.29, 1.82) is 0 Å². The summed E-state index contributed by atoms with van der Waals surface area (Å²) >= 11 is 2.54. The standard InChI is InChI=1S/C16H19N3O4S2/c1-4-23-15(22)14-9(2)17-16(25-14)19-13(21)8-11(18-10(3)20)12-6-5-7-24-12/h5-7,11H,4,8H2,1-3H3,(H,18,20)(H,17,19,21)/t11-/m0/s1. The molecule has 134 valence electrons. The van der Waals surface area contributed by atoms with Crippen molar-refractivity contribution in [1.82, 2.24) is 10.3 Å². The predicted molar refractivity (Wildman–Crippen MR) is 96.9 cm³/mol. The molecule has 2 aromatic rings. The summed E-state index contributed by atoms with van der Waals surface area (Å²) in [6, 6.07) is 3.33. The molecule has 2 aromatic heterocycles. The normalized spacial score (nSPS) is 11.6. The summed E-state index contributed by atoms with van der Waals surface area (Å²) in [6.45, 7) is 5.10. The second-order valence-corrected chi connectivity index (χ2v) is 7.15. The number of carbonyl (C=O) groups is 3. The number of hydrogen-bond acceptors (Lipinski definition) is 7. The number of esters is 1. The highest BCUT2D eigenvalue weighted by molar-refractivity contribution is 7.17. The molecule has 2 heterocycles. The van der Waals surface area contributed by atoms with Crippen LogP contribution in [-0.4, -0.2) is 29.4 Å². The molecular weight excluding hydrogens is 362 g/mol. The van der Waals surface area contributed by atoms with Crippen molar-refractivity contribution in [2.24, 2.45) is 0 Å². The number of nitrogens with zero attached hydrogens (tertiary/aromatic N) is 1. The lowest BCUT2D eigenvalue weighted by atomic mass is 10.1. The molecule has 0 aliphatic heterocycles. The van der Waals surface area contributed by atoms with Crippen molar-refractivity contribution in [3.8, 4) is 0 Å². The van der Waals surface area contributed by atoms with E-state index in [0.717, 1.165) is 16.2 Å². The summed E-state index contributed by atoms with van der Waals surface area (Å²) in [5.41, 5.74) is 0.510. The maximum atomic E-state index is 12.3. The zero-order chi connectivity index (χ0) is 18.4. The van der Waals surface area contributed by atoms with E-state index in [4.69, 9.17) is 4.74 Å². The van der Waals surface area contributed by atoms with Crippen LogP contribution in [0.25, 0.3) is 0 Å². The number of thiophene rings is 1. The number of nitrogens with one attached hydrogen (secondary N) is 2. The Morgan fingerprint density at radius 2 is 2.12 bits per heavy atom. The Kier molecular flexibility index (Phi) is 6.65. The van der Waals surface area contributed by atoms with Gasteiger partial charge in [0.15, 0.2) is 5.13 Å². The molecule has 0 saturated carbocycles. The maximum absolute atomic E-state index is 12.3. The third kappa shape index (κ3) is 5.36. The molecule has 0 spiro atoms. The molecule has 7 nitrogen and oxygen atoms in total. The van der Waals surface area contributed by atoms with Crippen LogP contribution >= 0.6 is 22.7 Å². The van der Waals surface area contributed by atoms with E-state index in [1.807, 2.05) is 17.5 Å². The van der Waals surface area contributed by atoms with Gasteiger partial charge in [-0.05, 0) is 25.3 Å². The number of carbonyl (C=O) groups excluding carboxylic acids is 3. The van der Waals surface area contributed by atoms with Crippen LogP contribution < -0.4 is 10.6 Å². The molecule has 0 fully saturated rings. The minimum absolute atomic E-state index is 0.0768. The van der Waals surface area contributed by atoms with Gasteiger partial charge in [0, 0.05) is 11.8 Å². The first-order chi connectivity index (χ1) is 11.9. The van der Waals surface area contributed by atoms with Gasteiger partial charge < -0.3 is 15.4 Å². The first kappa shape index (κ1) is 19.1. The lowest BCUT2D eigenvalue weighted by Gasteiger charge is -2.15. The van der Waals surface area contributed by atoms with Gasteiger partial charge in [0.25, 0.3) is 0 Å². The maximum Gasteiger partial charge on any atom is 0.350 e. The third-order valence-electron chi connectivity index (χ3n) is 3.16. The van der Waals surface area contributed by atoms with Crippen LogP contribution in [0.4, 0.5) is 5.13 Å². The van der Waals surface area contributed by atoms with Crippen LogP contribution in [0.2, 0.25) is 0 Å². The summed E-state index contributed by atoms with van der Waals surface area (Å²) < 4.78 is 4.96. The number of amides is 2. The summed E-state index contributed by atoms with van der Waals surface area (Å²) in [5, 5.41) is 7.67. The highest BCUT2D eigenvalue weighted by atomic mass is 32.1. The number of aryl methyl sites for hydroxylation is 1. The van der Waals surface area contributed by atoms with Crippen molar-refractivity contribution < 1.29 is 19.1 Å². The summed E-state index contributed by atoms with van der Waals surface area (Å²) in [6.07, 6.45) is 0.0768. The van der Waals surface area contributed by atoms with Gasteiger partial charge in [-0.3, -0.25) is 9.59 Å². The Labute approximate surface area is 153 Å². The number of hydrogen-bond donors (Lipinski definition) is 2. The second kappa shape index (κ2) is 8.72. The van der Waals surface area contributed by atoms with Gasteiger partial charge in [-0.15, -0.1) is 11.3 Å². The van der Waals surface area contributed by atoms with Crippen molar-refractivity contribution in [2.45, 2.75) is 33.2 Å². The molecule has 1 atom stereocenters. The molecule has 25 heavy (non-hydrogen) atoms. The molecule has 0 aromatic carbocycles. The lowest BCUT2D eigenvalue weighted by Crippen LogP contribution is -2.29. The van der Waals surface area contributed by atoms with Crippen LogP contribution in [0.5, 0.6) is 0 Å². The minimum Gasteiger partial charge on any atom is -0.462 e. The summed E-state index contributed by atoms with van der Waals surface area (Å²) in [5.74, 6) is -0.954. The van der Waals surface area contributed by atoms with E-state index in [1.54, 1.807) is 13.8 Å². The van der Waals surface area contributed by atoms with Gasteiger partial charge in [-0.1, -0.05) is 17.4 Å². The van der Waals surface area contributed by atoms with Gasteiger partial charge in [0.05, 0.1) is 24.8 Å². The van der Waals surface area contributed by atoms with Gasteiger partial charge in [0.1, 0.15) is 4.88 Å². The quantitative estimate of drug-likeness (QED) is 0.719. The molecule has 0 radical (unpaired) electrons. The lowest BCUT2D eigenvalue weighted by molar-refractivity contribution is -0.120. The van der Waals surface area contributed by atoms with Gasteiger partial charge in [0.2, 0.25) is 11.8 Å². The molecule has 0 aliphatic rings. The molecule has 2 N–H and O–H groups in total. The molecule has 0 unspecified atom stereocenters. The van der Waals surface area contributed by atoms with Crippen LogP contribution in [0, 0.1) is 6.92 Å². The van der Waals surface area contributed by atoms with Crippen molar-refractivity contribution in [3.63, 3.8) is 0 Å². The first-order valence-electron chi connectivity index (χ1n) is 7.65. The molecule has 0 saturated heterocycles. The Bertz CT molecular complexity index is 756. The molecular formula is C16H19N3O4S2. The molecule has 9 heteroatoms. The Hall–Kier alpha value is -2.26. The fourth-order valence-corrected chi connectivity index (χ4v) is 3.80. The van der Waals surface area contributed by atoms with E-state index in [9.17, 15) is 14.4 Å². The number of rotatable bonds is 7. The third-order valence-corrected chi connectivity index (χ3v) is 5.20. The summed E-state index contributed by atoms with van der Waals surface area (Å²) in [7, 11) is 0. The molecule has 0 bridgehead atoms. The van der Waals surface area contributed by atoms with Crippen LogP contribution in [0.1, 0.15) is 46.6 Å². The first-order valence-corrected chi connectivity index (χ1v) is 9.35. The molecule has 2 amide bonds. The van der Waals surface area contributed by atoms with Gasteiger partial charge in [-0.25, -0.2) is 9.78 Å². The van der Waals surface area contributed by atoms with E-state index >= 15 is 0 Å². The van der Waals surface area contributed by atoms with E-state index in [1.165, 1.54) is 18.3 Å². The van der Waals surface area contributed by atoms with Crippen LogP contribution in [0.15, 0.2) is 17.5 Å². The topological polar surface area (TPSA) is 97.4 Å². The zero-order valence-corrected chi connectivity index (χ0v) is 15.8. The smallest absolute Gasteiger partial charge is 0.350 e. The van der Waals surface area contributed by atoms with E-state index in [2.05, 4.69) is 15.6 Å². The summed E-state index contributed by atoms with van der Waals surface area (Å²) in [4.78, 5) is 40.9. The zero-order valence-electron chi connectivity index (χ0n) is 14.1. The average molecular weight is 381 g/mol. The van der Waals surface area contributed by atoms with E-state index < -0.39 is 12.0 Å². The Morgan fingerprint density at radius 1 is 1.36 bits per heavy atom. The van der Waals surface area contributed by atoms with Crippen LogP contribution in [-0.2, 0) is 14.3 Å². The highest BCUT2D eigenvalue weighted by Crippen LogP contribution is 2.26. The number of aromatic nitrogens is 1. The second-order valence-electron chi connectivity index (χ2n) is 5.17. The molecule has 0 aliphatic carbocycles. The van der Waals surface area contributed by atoms with Crippen molar-refractivity contribution >= 4 is 45.6 Å². The SMILES string of the molecule is CCOC(=O)c1sc(NC(=O)C[C@H](NC(C)=O)c2cccs2)nc1C. The fraction of sp³-hybridized carbons (Fsp3) is 0.375. The number of ether oxygens (including phenoxy) is 1. The number of anilines is 1. The Morgan fingerprint density at radius 3 is 2.72 bits per heavy atom. The van der Waals surface area contributed by atoms with Crippen molar-refractivity contribution in [2.75, 3.05) is 11.9 Å². The average Bonchev–Trinajstić information content (AvgIpc) is 3.16. The van der Waals surface area contributed by atoms with Gasteiger partial charge >= 0.3 is 5.97 Å². The monoisotopic (exact) mass is 381 g/mol. The van der Waals surface area contributed by atoms with Crippen molar-refractivity contribution in [3.05, 3.63) is 33.0 Å². The van der Waals surface area contributed by atoms with E-state index in [-0.39, 0.29) is 24.8 Å². The van der Waals surface area contributed by atoms with Crippen LogP contribution in [0.3, 0.4) is 0 Å². The predicted octanol–water partition coefficient (Wildman–Crippen LogP) is 2.90. The van der Waals surface area contributed by atoms with E-state index in [0.29, 0.717) is 15.7 Å². The fourth-order valence-electron chi connectivity index (χ4n) is 2.15. The number of thiazole rings is 1. The highest BCUT2D eigenvalue weighted by Gasteiger charge is 2.21. The largest absolute Gasteiger partial charge is 0.462 e. The Balaban J connectivity index is 2.04. The van der Waals surface area contributed by atoms with Gasteiger partial charge in [-0.2, -0.15) is 0 Å². The molecule has 2 rings (SSSR count). The minimum atomic E-state index is -0.451.